The molecule has 70 heavy (non-hydrogen) atoms. The number of aromatic nitrogens is 2. The standard InChI is InChI=1S/C46H57N6O5.C8H10NO2.CH3.In/c1-7-51-37-14-13-31-23-33(37)39-40(43(56-6)41-34(42(39)51)24-32(25-48-41)29-15-17-47-18-16-29)46(4,5)26-57-45(55)35-12-9-19-52(50-35)44(54)36(49-38(53)20-27(2)3)22-28-10-8-11-30(31)21-28;1-2-8(11)9-4-3-7(5-9)6-10;;/h8,10-11,13-14,20-21,23-25,27,29,35-36,40,43,47,50H,7,9,12,15-19,22,26H2,1-6H3,(H,49,53);2,7H,1,3-5H2;1H3;/t35-,36-,40?,43-;7-;;/m00../s1. The van der Waals surface area contributed by atoms with Crippen molar-refractivity contribution in [2.45, 2.75) is 118 Å². The number of carbonyl (C=O) groups excluding carboxylic acids is 5. The van der Waals surface area contributed by atoms with E-state index in [1.54, 1.807) is 12.0 Å². The van der Waals surface area contributed by atoms with Crippen LogP contribution in [-0.2, 0) is 46.4 Å². The number of piperidine rings is 1. The molecule has 4 aliphatic heterocycles. The van der Waals surface area contributed by atoms with Crippen molar-refractivity contribution in [3.63, 3.8) is 0 Å². The molecule has 3 fully saturated rings. The molecule has 0 saturated carbocycles. The Bertz CT molecular complexity index is 2690. The Morgan fingerprint density at radius 1 is 1.04 bits per heavy atom. The number of amides is 3. The van der Waals surface area contributed by atoms with Gasteiger partial charge in [0.05, 0.1) is 11.4 Å². The number of hydrogen-bond donors (Lipinski definition) is 3. The maximum atomic E-state index is 14.9. The van der Waals surface area contributed by atoms with E-state index in [2.05, 4.69) is 90.6 Å². The summed E-state index contributed by atoms with van der Waals surface area (Å²) in [5, 5.41) is 9.26. The fourth-order valence-electron chi connectivity index (χ4n) is 12.4. The van der Waals surface area contributed by atoms with Crippen LogP contribution in [0.25, 0.3) is 33.3 Å². The number of benzene rings is 2. The summed E-state index contributed by atoms with van der Waals surface area (Å²) in [5.74, 6) is -1.58. The van der Waals surface area contributed by atoms with Crippen LogP contribution in [0.1, 0.15) is 107 Å². The molecular formula is C55H70InN7O7. The summed E-state index contributed by atoms with van der Waals surface area (Å²) in [5.41, 5.74) is 12.0. The number of pyridine rings is 1. The van der Waals surface area contributed by atoms with Gasteiger partial charge in [-0.2, -0.15) is 0 Å². The first-order valence-corrected chi connectivity index (χ1v) is 32.5. The van der Waals surface area contributed by atoms with Crippen LogP contribution in [0.5, 0.6) is 0 Å². The number of fused-ring (bicyclic) bond motifs is 8. The zero-order valence-corrected chi connectivity index (χ0v) is 45.3. The van der Waals surface area contributed by atoms with Gasteiger partial charge in [0.2, 0.25) is 0 Å². The quantitative estimate of drug-likeness (QED) is 0.111. The number of ether oxygens (including phenoxy) is 2. The Kier molecular flexibility index (Phi) is 14.8. The molecule has 15 heteroatoms. The third kappa shape index (κ3) is 9.52. The number of hydrogen-bond acceptors (Lipinski definition) is 10. The van der Waals surface area contributed by atoms with Gasteiger partial charge in [0.15, 0.2) is 0 Å². The first kappa shape index (κ1) is 50.1. The molecule has 3 amide bonds. The molecule has 2 aromatic carbocycles. The van der Waals surface area contributed by atoms with E-state index in [1.807, 2.05) is 30.7 Å². The van der Waals surface area contributed by atoms with Crippen molar-refractivity contribution in [2.24, 2.45) is 17.3 Å². The van der Waals surface area contributed by atoms with Gasteiger partial charge in [-0.1, -0.05) is 13.8 Å². The Morgan fingerprint density at radius 3 is 2.54 bits per heavy atom. The SMILES string of the molecule is C=CC(=O)N1CC[C@H]([C](=O)[In]([CH3])[C@H](C(=O)N[C@H]2Cc3cccc(c3)-c3ccc4c(c3)c3c(n4CC)-c4cc(C5CCNCC5)cnc4[C@@H](OC)C3C(C)(C)COC(=O)[C@@H]3CCCN(N3)C2=O)C(C)C)C1. The average Bonchev–Trinajstić information content (AvgIpc) is 4.00. The van der Waals surface area contributed by atoms with E-state index < -0.39 is 54.7 Å². The number of cyclic esters (lactones) is 1. The molecule has 1 aliphatic carbocycles. The van der Waals surface area contributed by atoms with Crippen molar-refractivity contribution in [3.8, 4) is 22.4 Å². The summed E-state index contributed by atoms with van der Waals surface area (Å²) < 4.78 is 16.9. The van der Waals surface area contributed by atoms with E-state index >= 15 is 0 Å². The molecule has 6 atom stereocenters. The van der Waals surface area contributed by atoms with E-state index in [0.717, 1.165) is 82.6 Å². The normalized spacial score (nSPS) is 24.1. The summed E-state index contributed by atoms with van der Waals surface area (Å²) in [7, 11) is 1.75. The van der Waals surface area contributed by atoms with Gasteiger partial charge in [-0.05, 0) is 50.4 Å². The Hall–Kier alpha value is -4.83. The third-order valence-corrected chi connectivity index (χ3v) is 26.2. The van der Waals surface area contributed by atoms with E-state index in [1.165, 1.54) is 16.6 Å². The van der Waals surface area contributed by atoms with Crippen molar-refractivity contribution in [1.29, 1.82) is 0 Å². The molecule has 0 radical (unpaired) electrons. The van der Waals surface area contributed by atoms with Crippen LogP contribution in [0.2, 0.25) is 8.35 Å². The van der Waals surface area contributed by atoms with Gasteiger partial charge >= 0.3 is 290 Å². The summed E-state index contributed by atoms with van der Waals surface area (Å²) in [6, 6.07) is 15.4. The predicted octanol–water partition coefficient (Wildman–Crippen LogP) is 7.04. The maximum absolute atomic E-state index is 14.9. The van der Waals surface area contributed by atoms with Crippen molar-refractivity contribution in [1.82, 2.24) is 35.5 Å². The van der Waals surface area contributed by atoms with Crippen molar-refractivity contribution >= 4 is 59.6 Å². The van der Waals surface area contributed by atoms with Crippen LogP contribution < -0.4 is 16.1 Å². The summed E-state index contributed by atoms with van der Waals surface area (Å²) in [4.78, 5) is 77.3. The molecule has 2 aromatic heterocycles. The number of nitrogens with one attached hydrogen (secondary N) is 3. The van der Waals surface area contributed by atoms with E-state index in [4.69, 9.17) is 14.5 Å². The van der Waals surface area contributed by atoms with Crippen LogP contribution in [0, 0.1) is 17.3 Å². The molecule has 14 nitrogen and oxygen atoms in total. The minimum atomic E-state index is -3.35. The number of methoxy groups -OCH3 is 1. The van der Waals surface area contributed by atoms with Crippen molar-refractivity contribution < 1.29 is 33.4 Å². The van der Waals surface area contributed by atoms with Crippen LogP contribution in [0.15, 0.2) is 67.4 Å². The molecule has 370 valence electrons. The van der Waals surface area contributed by atoms with Gasteiger partial charge in [0, 0.05) is 31.3 Å². The number of esters is 1. The molecule has 0 spiro atoms. The number of carbonyl (C=O) groups is 5. The number of hydrazine groups is 1. The van der Waals surface area contributed by atoms with Crippen LogP contribution in [-0.4, -0.2) is 127 Å². The molecule has 3 N–H and O–H groups in total. The second kappa shape index (κ2) is 20.7. The molecule has 5 aliphatic rings. The fraction of sp³-hybridized carbons (Fsp3) is 0.527. The molecule has 9 rings (SSSR count). The summed E-state index contributed by atoms with van der Waals surface area (Å²) in [6.07, 6.45) is 6.80. The molecule has 6 heterocycles. The number of nitrogens with zero attached hydrogens (tertiary/aromatic N) is 4. The molecule has 1 unspecified atom stereocenters. The minimum absolute atomic E-state index is 0.0897. The van der Waals surface area contributed by atoms with Gasteiger partial charge in [0.1, 0.15) is 6.10 Å². The van der Waals surface area contributed by atoms with E-state index in [0.29, 0.717) is 44.8 Å². The van der Waals surface area contributed by atoms with Crippen LogP contribution in [0.3, 0.4) is 0 Å². The Labute approximate surface area is 420 Å². The Balaban J connectivity index is 1.12. The van der Waals surface area contributed by atoms with Crippen molar-refractivity contribution in [3.05, 3.63) is 89.8 Å². The number of aryl methyl sites for hydroxylation is 1. The molecular weight excluding hydrogens is 985 g/mol. The zero-order valence-electron chi connectivity index (χ0n) is 42.0. The van der Waals surface area contributed by atoms with E-state index in [9.17, 15) is 24.0 Å². The van der Waals surface area contributed by atoms with Gasteiger partial charge < -0.3 is 14.6 Å². The second-order valence-electron chi connectivity index (χ2n) is 21.4. The Morgan fingerprint density at radius 2 is 1.81 bits per heavy atom. The van der Waals surface area contributed by atoms with Gasteiger partial charge in [-0.3, -0.25) is 4.98 Å². The first-order chi connectivity index (χ1) is 33.6. The van der Waals surface area contributed by atoms with Crippen molar-refractivity contribution in [2.75, 3.05) is 46.4 Å². The average molecular weight is 1060 g/mol. The zero-order chi connectivity index (χ0) is 49.6. The first-order valence-electron chi connectivity index (χ1n) is 25.6. The summed E-state index contributed by atoms with van der Waals surface area (Å²) >= 11 is -3.35. The van der Waals surface area contributed by atoms with Gasteiger partial charge in [0.25, 0.3) is 0 Å². The third-order valence-electron chi connectivity index (χ3n) is 16.1. The van der Waals surface area contributed by atoms with Crippen LogP contribution >= 0.6 is 0 Å². The topological polar surface area (TPSA) is 164 Å². The molecule has 6 bridgehead atoms. The van der Waals surface area contributed by atoms with Gasteiger partial charge in [-0.15, -0.1) is 0 Å². The fourth-order valence-corrected chi connectivity index (χ4v) is 21.2. The molecule has 3 saturated heterocycles. The monoisotopic (exact) mass is 1060 g/mol. The summed E-state index contributed by atoms with van der Waals surface area (Å²) in [6.45, 7) is 18.0. The number of likely N-dealkylation sites (tertiary alicyclic amines) is 1. The van der Waals surface area contributed by atoms with Gasteiger partial charge in [-0.25, -0.2) is 0 Å². The number of rotatable bonds is 10. The second-order valence-corrected chi connectivity index (χ2v) is 29.6. The van der Waals surface area contributed by atoms with E-state index in [-0.39, 0.29) is 52.0 Å². The van der Waals surface area contributed by atoms with Crippen LogP contribution in [0.4, 0.5) is 0 Å². The molecule has 4 aromatic rings. The predicted molar refractivity (Wildman–Crippen MR) is 272 cm³/mol.